The Morgan fingerprint density at radius 2 is 2.00 bits per heavy atom. The first kappa shape index (κ1) is 13.6. The number of methoxy groups -OCH3 is 1. The molecule has 1 amide bonds. The average molecular weight is 261 g/mol. The van der Waals surface area contributed by atoms with Crippen LogP contribution in [0.1, 0.15) is 30.9 Å². The second-order valence-electron chi connectivity index (χ2n) is 4.78. The van der Waals surface area contributed by atoms with Crippen molar-refractivity contribution in [1.29, 1.82) is 0 Å². The van der Waals surface area contributed by atoms with Crippen LogP contribution in [0.3, 0.4) is 0 Å². The van der Waals surface area contributed by atoms with E-state index in [0.29, 0.717) is 13.0 Å². The second kappa shape index (κ2) is 5.87. The smallest absolute Gasteiger partial charge is 0.307 e. The fourth-order valence-corrected chi connectivity index (χ4v) is 2.54. The molecular formula is C15H19NO3. The maximum absolute atomic E-state index is 12.0. The molecule has 1 atom stereocenters. The molecule has 0 saturated heterocycles. The molecule has 0 N–H and O–H groups in total. The first-order valence-corrected chi connectivity index (χ1v) is 6.58. The first-order chi connectivity index (χ1) is 9.15. The standard InChI is InChI=1S/C15H19NO3/c1-3-14(17)16-10-12-7-5-4-6-11(12)8-13(16)9-15(18)19-2/h4-7,13H,3,8-10H2,1-2H3/t13-/m0/s1. The Morgan fingerprint density at radius 3 is 2.63 bits per heavy atom. The predicted octanol–water partition coefficient (Wildman–Crippen LogP) is 1.91. The van der Waals surface area contributed by atoms with Gasteiger partial charge in [0.2, 0.25) is 5.91 Å². The van der Waals surface area contributed by atoms with Gasteiger partial charge in [-0.2, -0.15) is 0 Å². The minimum Gasteiger partial charge on any atom is -0.469 e. The Bertz CT molecular complexity index is 484. The molecule has 102 valence electrons. The first-order valence-electron chi connectivity index (χ1n) is 6.58. The van der Waals surface area contributed by atoms with E-state index in [2.05, 4.69) is 6.07 Å². The summed E-state index contributed by atoms with van der Waals surface area (Å²) in [6.45, 7) is 2.43. The highest BCUT2D eigenvalue weighted by atomic mass is 16.5. The highest BCUT2D eigenvalue weighted by Gasteiger charge is 2.30. The van der Waals surface area contributed by atoms with Gasteiger partial charge in [-0.1, -0.05) is 31.2 Å². The third-order valence-electron chi connectivity index (χ3n) is 3.61. The van der Waals surface area contributed by atoms with Crippen molar-refractivity contribution in [3.8, 4) is 0 Å². The van der Waals surface area contributed by atoms with Gasteiger partial charge in [0.15, 0.2) is 0 Å². The molecule has 0 radical (unpaired) electrons. The molecule has 4 heteroatoms. The Labute approximate surface area is 113 Å². The zero-order valence-corrected chi connectivity index (χ0v) is 11.4. The third kappa shape index (κ3) is 2.95. The molecule has 1 aliphatic heterocycles. The molecule has 1 aromatic rings. The quantitative estimate of drug-likeness (QED) is 0.781. The van der Waals surface area contributed by atoms with E-state index in [4.69, 9.17) is 4.74 Å². The van der Waals surface area contributed by atoms with Gasteiger partial charge in [0.1, 0.15) is 0 Å². The van der Waals surface area contributed by atoms with Gasteiger partial charge in [0.05, 0.1) is 13.5 Å². The van der Waals surface area contributed by atoms with Crippen molar-refractivity contribution in [1.82, 2.24) is 4.90 Å². The molecule has 0 aromatic heterocycles. The molecule has 0 unspecified atom stereocenters. The lowest BCUT2D eigenvalue weighted by atomic mass is 9.92. The number of fused-ring (bicyclic) bond motifs is 1. The van der Waals surface area contributed by atoms with Gasteiger partial charge in [-0.3, -0.25) is 9.59 Å². The molecule has 0 aliphatic carbocycles. The van der Waals surface area contributed by atoms with Crippen molar-refractivity contribution in [2.45, 2.75) is 38.8 Å². The van der Waals surface area contributed by atoms with Gasteiger partial charge in [0.25, 0.3) is 0 Å². The van der Waals surface area contributed by atoms with Gasteiger partial charge >= 0.3 is 5.97 Å². The lowest BCUT2D eigenvalue weighted by Crippen LogP contribution is -2.45. The van der Waals surface area contributed by atoms with Crippen LogP contribution < -0.4 is 0 Å². The number of carbonyl (C=O) groups excluding carboxylic acids is 2. The van der Waals surface area contributed by atoms with E-state index in [9.17, 15) is 9.59 Å². The van der Waals surface area contributed by atoms with Gasteiger partial charge in [-0.25, -0.2) is 0 Å². The number of rotatable bonds is 3. The van der Waals surface area contributed by atoms with Gasteiger partial charge in [-0.05, 0) is 17.5 Å². The van der Waals surface area contributed by atoms with Crippen molar-refractivity contribution >= 4 is 11.9 Å². The van der Waals surface area contributed by atoms with E-state index in [1.807, 2.05) is 25.1 Å². The maximum Gasteiger partial charge on any atom is 0.307 e. The van der Waals surface area contributed by atoms with Crippen LogP contribution in [0, 0.1) is 0 Å². The summed E-state index contributed by atoms with van der Waals surface area (Å²) >= 11 is 0. The van der Waals surface area contributed by atoms with Crippen LogP contribution in [0.4, 0.5) is 0 Å². The lowest BCUT2D eigenvalue weighted by molar-refractivity contribution is -0.144. The zero-order chi connectivity index (χ0) is 13.8. The Morgan fingerprint density at radius 1 is 1.32 bits per heavy atom. The Kier molecular flexibility index (Phi) is 4.20. The highest BCUT2D eigenvalue weighted by Crippen LogP contribution is 2.25. The summed E-state index contributed by atoms with van der Waals surface area (Å²) in [6.07, 6.45) is 1.44. The largest absolute Gasteiger partial charge is 0.469 e. The molecular weight excluding hydrogens is 242 g/mol. The summed E-state index contributed by atoms with van der Waals surface area (Å²) in [5.74, 6) is -0.179. The molecule has 1 aromatic carbocycles. The highest BCUT2D eigenvalue weighted by molar-refractivity contribution is 5.78. The molecule has 0 fully saturated rings. The summed E-state index contributed by atoms with van der Waals surface area (Å²) in [5.41, 5.74) is 2.39. The third-order valence-corrected chi connectivity index (χ3v) is 3.61. The van der Waals surface area contributed by atoms with Gasteiger partial charge < -0.3 is 9.64 Å². The van der Waals surface area contributed by atoms with Crippen LogP contribution in [0.5, 0.6) is 0 Å². The van der Waals surface area contributed by atoms with E-state index in [1.165, 1.54) is 18.2 Å². The molecule has 0 saturated carbocycles. The van der Waals surface area contributed by atoms with Gasteiger partial charge in [0, 0.05) is 19.0 Å². The minimum atomic E-state index is -0.265. The fraction of sp³-hybridized carbons (Fsp3) is 0.467. The van der Waals surface area contributed by atoms with Crippen molar-refractivity contribution in [2.24, 2.45) is 0 Å². The zero-order valence-electron chi connectivity index (χ0n) is 11.4. The van der Waals surface area contributed by atoms with E-state index in [-0.39, 0.29) is 24.3 Å². The van der Waals surface area contributed by atoms with E-state index in [1.54, 1.807) is 4.90 Å². The normalized spacial score (nSPS) is 17.8. The molecule has 19 heavy (non-hydrogen) atoms. The lowest BCUT2D eigenvalue weighted by Gasteiger charge is -2.36. The topological polar surface area (TPSA) is 46.6 Å². The van der Waals surface area contributed by atoms with Crippen LogP contribution in [0.2, 0.25) is 0 Å². The van der Waals surface area contributed by atoms with Crippen LogP contribution in [-0.4, -0.2) is 29.9 Å². The SMILES string of the molecule is CCC(=O)N1Cc2ccccc2C[C@H]1CC(=O)OC. The van der Waals surface area contributed by atoms with E-state index >= 15 is 0 Å². The fourth-order valence-electron chi connectivity index (χ4n) is 2.54. The maximum atomic E-state index is 12.0. The van der Waals surface area contributed by atoms with E-state index in [0.717, 1.165) is 6.42 Å². The molecule has 4 nitrogen and oxygen atoms in total. The Hall–Kier alpha value is -1.84. The number of ether oxygens (including phenoxy) is 1. The number of hydrogen-bond donors (Lipinski definition) is 0. The summed E-state index contributed by atoms with van der Waals surface area (Å²) in [6, 6.07) is 7.99. The van der Waals surface area contributed by atoms with E-state index < -0.39 is 0 Å². The second-order valence-corrected chi connectivity index (χ2v) is 4.78. The van der Waals surface area contributed by atoms with Crippen LogP contribution in [-0.2, 0) is 27.3 Å². The van der Waals surface area contributed by atoms with Crippen LogP contribution >= 0.6 is 0 Å². The van der Waals surface area contributed by atoms with Crippen molar-refractivity contribution in [2.75, 3.05) is 7.11 Å². The summed E-state index contributed by atoms with van der Waals surface area (Å²) in [4.78, 5) is 25.3. The molecule has 1 heterocycles. The number of amides is 1. The number of carbonyl (C=O) groups is 2. The summed E-state index contributed by atoms with van der Waals surface area (Å²) < 4.78 is 4.73. The summed E-state index contributed by atoms with van der Waals surface area (Å²) in [7, 11) is 1.38. The van der Waals surface area contributed by atoms with Crippen molar-refractivity contribution < 1.29 is 14.3 Å². The molecule has 0 spiro atoms. The average Bonchev–Trinajstić information content (AvgIpc) is 2.45. The predicted molar refractivity (Wildman–Crippen MR) is 71.4 cm³/mol. The Balaban J connectivity index is 2.24. The monoisotopic (exact) mass is 261 g/mol. The number of hydrogen-bond acceptors (Lipinski definition) is 3. The minimum absolute atomic E-state index is 0.0865. The molecule has 2 rings (SSSR count). The molecule has 0 bridgehead atoms. The van der Waals surface area contributed by atoms with Gasteiger partial charge in [-0.15, -0.1) is 0 Å². The van der Waals surface area contributed by atoms with Crippen molar-refractivity contribution in [3.63, 3.8) is 0 Å². The van der Waals surface area contributed by atoms with Crippen LogP contribution in [0.15, 0.2) is 24.3 Å². The number of esters is 1. The molecule has 1 aliphatic rings. The van der Waals surface area contributed by atoms with Crippen molar-refractivity contribution in [3.05, 3.63) is 35.4 Å². The number of benzene rings is 1. The summed E-state index contributed by atoms with van der Waals surface area (Å²) in [5, 5.41) is 0. The van der Waals surface area contributed by atoms with Crippen LogP contribution in [0.25, 0.3) is 0 Å². The number of nitrogens with zero attached hydrogens (tertiary/aromatic N) is 1.